The minimum absolute atomic E-state index is 0.779. The van der Waals surface area contributed by atoms with Gasteiger partial charge >= 0.3 is 8.24 Å². The lowest BCUT2D eigenvalue weighted by Gasteiger charge is -2.10. The van der Waals surface area contributed by atoms with Gasteiger partial charge in [0, 0.05) is 18.1 Å². The molecule has 0 aromatic rings. The molecule has 1 radical (unpaired) electrons. The molecular weight excluding hydrogens is 164 g/mol. The Labute approximate surface area is 75.3 Å². The molecule has 0 aliphatic carbocycles. The summed E-state index contributed by atoms with van der Waals surface area (Å²) in [7, 11) is -1.94. The van der Waals surface area contributed by atoms with Crippen molar-refractivity contribution >= 4 is 8.24 Å². The molecule has 0 aliphatic heterocycles. The molecule has 0 saturated carbocycles. The van der Waals surface area contributed by atoms with E-state index in [4.69, 9.17) is 5.53 Å². The van der Waals surface area contributed by atoms with Gasteiger partial charge in [-0.2, -0.15) is 4.78 Å². The Bertz CT molecular complexity index is 160. The van der Waals surface area contributed by atoms with E-state index < -0.39 is 8.24 Å². The van der Waals surface area contributed by atoms with Crippen molar-refractivity contribution in [2.24, 2.45) is 0 Å². The third-order valence-electron chi connectivity index (χ3n) is 1.79. The molecule has 3 heteroatoms. The second-order valence-electron chi connectivity index (χ2n) is 2.80. The molecule has 0 spiro atoms. The van der Waals surface area contributed by atoms with E-state index >= 15 is 0 Å². The zero-order valence-electron chi connectivity index (χ0n) is 7.37. The van der Waals surface area contributed by atoms with Gasteiger partial charge in [0.15, 0.2) is 0 Å². The molecule has 0 fully saturated rings. The molecule has 0 unspecified atom stereocenters. The van der Waals surface area contributed by atoms with Crippen molar-refractivity contribution in [1.29, 1.82) is 0 Å². The molecule has 65 valence electrons. The van der Waals surface area contributed by atoms with E-state index in [1.165, 1.54) is 0 Å². The van der Waals surface area contributed by atoms with Gasteiger partial charge in [0.25, 0.3) is 0 Å². The molecule has 0 aromatic heterocycles. The highest BCUT2D eigenvalue weighted by Crippen LogP contribution is 2.18. The van der Waals surface area contributed by atoms with Crippen LogP contribution in [0.4, 0.5) is 0 Å². The van der Waals surface area contributed by atoms with Crippen LogP contribution in [0.5, 0.6) is 0 Å². The van der Waals surface area contributed by atoms with Gasteiger partial charge in [0.1, 0.15) is 0 Å². The summed E-state index contributed by atoms with van der Waals surface area (Å²) in [6.07, 6.45) is 5.41. The quantitative estimate of drug-likeness (QED) is 0.327. The van der Waals surface area contributed by atoms with Crippen LogP contribution in [0.1, 0.15) is 0 Å². The van der Waals surface area contributed by atoms with Crippen molar-refractivity contribution in [2.45, 2.75) is 18.1 Å². The van der Waals surface area contributed by atoms with E-state index in [1.54, 1.807) is 18.2 Å². The van der Waals surface area contributed by atoms with E-state index in [2.05, 4.69) is 24.5 Å². The van der Waals surface area contributed by atoms with Crippen LogP contribution in [0.25, 0.3) is 5.53 Å². The topological polar surface area (TPSA) is 36.4 Å². The lowest BCUT2D eigenvalue weighted by Crippen LogP contribution is -2.36. The molecule has 0 saturated heterocycles. The number of hydrogen-bond acceptors (Lipinski definition) is 1. The van der Waals surface area contributed by atoms with Gasteiger partial charge in [0.2, 0.25) is 0 Å². The van der Waals surface area contributed by atoms with E-state index in [0.717, 1.165) is 18.1 Å². The molecular formula is C9H15N2Si. The minimum Gasteiger partial charge on any atom is -0.460 e. The third-order valence-corrected chi connectivity index (χ3v) is 5.36. The Morgan fingerprint density at radius 1 is 1.00 bits per heavy atom. The summed E-state index contributed by atoms with van der Waals surface area (Å²) in [5.74, 6) is 0. The monoisotopic (exact) mass is 179 g/mol. The normalized spacial score (nSPS) is 10.3. The second-order valence-corrected chi connectivity index (χ2v) is 6.68. The van der Waals surface area contributed by atoms with Gasteiger partial charge in [-0.3, -0.25) is 0 Å². The SMILES string of the molecule is C=CC[Si](CC=C)(CC=C)[N+]=[N-]. The Balaban J connectivity index is 4.45. The average Bonchev–Trinajstić information content (AvgIpc) is 2.06. The molecule has 0 amide bonds. The van der Waals surface area contributed by atoms with Gasteiger partial charge in [0.05, 0.1) is 0 Å². The Kier molecular flexibility index (Phi) is 5.20. The summed E-state index contributed by atoms with van der Waals surface area (Å²) in [4.78, 5) is 0. The number of rotatable bonds is 7. The van der Waals surface area contributed by atoms with Crippen LogP contribution in [-0.4, -0.2) is 8.24 Å². The first-order chi connectivity index (χ1) is 5.74. The summed E-state index contributed by atoms with van der Waals surface area (Å²) in [5, 5.41) is 0. The van der Waals surface area contributed by atoms with Crippen molar-refractivity contribution in [3.63, 3.8) is 0 Å². The summed E-state index contributed by atoms with van der Waals surface area (Å²) < 4.78 is 3.51. The van der Waals surface area contributed by atoms with Crippen LogP contribution in [0.3, 0.4) is 0 Å². The Morgan fingerprint density at radius 3 is 1.50 bits per heavy atom. The van der Waals surface area contributed by atoms with Crippen molar-refractivity contribution in [2.75, 3.05) is 0 Å². The lowest BCUT2D eigenvalue weighted by atomic mass is 10.7. The average molecular weight is 179 g/mol. The van der Waals surface area contributed by atoms with Crippen LogP contribution >= 0.6 is 0 Å². The first kappa shape index (κ1) is 11.0. The van der Waals surface area contributed by atoms with Crippen LogP contribution in [0.15, 0.2) is 38.0 Å². The fourth-order valence-corrected chi connectivity index (χ4v) is 3.54. The van der Waals surface area contributed by atoms with Crippen molar-refractivity contribution in [1.82, 2.24) is 4.78 Å². The first-order valence-corrected chi connectivity index (χ1v) is 6.50. The van der Waals surface area contributed by atoms with Crippen LogP contribution < -0.4 is 4.78 Å². The second kappa shape index (κ2) is 5.66. The zero-order chi connectivity index (χ0) is 9.45. The maximum absolute atomic E-state index is 8.91. The largest absolute Gasteiger partial charge is 0.460 e. The molecule has 0 N–H and O–H groups in total. The molecule has 2 nitrogen and oxygen atoms in total. The number of allylic oxidation sites excluding steroid dienone is 3. The van der Waals surface area contributed by atoms with Crippen LogP contribution in [-0.2, 0) is 0 Å². The molecule has 0 aromatic carbocycles. The fraction of sp³-hybridized carbons (Fsp3) is 0.333. The summed E-state index contributed by atoms with van der Waals surface area (Å²) in [5.41, 5.74) is 8.91. The van der Waals surface area contributed by atoms with E-state index in [1.807, 2.05) is 0 Å². The molecule has 0 aliphatic rings. The maximum atomic E-state index is 8.91. The lowest BCUT2D eigenvalue weighted by molar-refractivity contribution is 1.23. The number of hydrogen-bond donors (Lipinski definition) is 0. The van der Waals surface area contributed by atoms with Crippen LogP contribution in [0.2, 0.25) is 18.1 Å². The van der Waals surface area contributed by atoms with E-state index in [-0.39, 0.29) is 0 Å². The summed E-state index contributed by atoms with van der Waals surface area (Å²) >= 11 is 0. The Hall–Kier alpha value is -0.963. The van der Waals surface area contributed by atoms with Crippen molar-refractivity contribution in [3.05, 3.63) is 43.5 Å². The molecule has 0 heterocycles. The maximum Gasteiger partial charge on any atom is 0.425 e. The molecule has 0 atom stereocenters. The van der Waals surface area contributed by atoms with Crippen molar-refractivity contribution in [3.8, 4) is 0 Å². The third kappa shape index (κ3) is 2.96. The standard InChI is InChI=1S/C9H15N2Si/c1-4-7-12(11-10,8-5-2)9-6-3/h4-6H,1-3,7-9H2. The Morgan fingerprint density at radius 2 is 1.33 bits per heavy atom. The summed E-state index contributed by atoms with van der Waals surface area (Å²) in [6.45, 7) is 11.0. The van der Waals surface area contributed by atoms with Gasteiger partial charge in [-0.15, -0.1) is 19.7 Å². The predicted molar refractivity (Wildman–Crippen MR) is 56.3 cm³/mol. The summed E-state index contributed by atoms with van der Waals surface area (Å²) in [6, 6.07) is 2.34. The van der Waals surface area contributed by atoms with Gasteiger partial charge in [-0.25, -0.2) is 0 Å². The minimum atomic E-state index is -1.94. The molecule has 0 rings (SSSR count). The van der Waals surface area contributed by atoms with Gasteiger partial charge < -0.3 is 5.53 Å². The van der Waals surface area contributed by atoms with Crippen LogP contribution in [0, 0.1) is 0 Å². The van der Waals surface area contributed by atoms with Gasteiger partial charge in [-0.05, 0) is 0 Å². The highest BCUT2D eigenvalue weighted by atomic mass is 28.3. The zero-order valence-corrected chi connectivity index (χ0v) is 8.37. The molecule has 12 heavy (non-hydrogen) atoms. The molecule has 0 bridgehead atoms. The fourth-order valence-electron chi connectivity index (χ4n) is 1.18. The van der Waals surface area contributed by atoms with E-state index in [0.29, 0.717) is 0 Å². The smallest absolute Gasteiger partial charge is 0.425 e. The van der Waals surface area contributed by atoms with E-state index in [9.17, 15) is 0 Å². The number of nitrogens with zero attached hydrogens (tertiary/aromatic N) is 2. The van der Waals surface area contributed by atoms with Gasteiger partial charge in [-0.1, -0.05) is 18.2 Å². The predicted octanol–water partition coefficient (Wildman–Crippen LogP) is 2.85. The highest BCUT2D eigenvalue weighted by Gasteiger charge is 2.40. The first-order valence-electron chi connectivity index (χ1n) is 3.93. The highest BCUT2D eigenvalue weighted by molar-refractivity contribution is 6.78. The van der Waals surface area contributed by atoms with Crippen molar-refractivity contribution < 1.29 is 0 Å².